The minimum absolute atomic E-state index is 0.0246. The molecule has 65 heavy (non-hydrogen) atoms. The summed E-state index contributed by atoms with van der Waals surface area (Å²) in [6.45, 7) is 4.82. The number of imidazole rings is 1. The van der Waals surface area contributed by atoms with Crippen molar-refractivity contribution in [1.29, 1.82) is 0 Å². The number of nitrogens with one attached hydrogen (secondary N) is 3. The van der Waals surface area contributed by atoms with E-state index < -0.39 is 35.6 Å². The molecule has 3 saturated heterocycles. The first-order valence-electron chi connectivity index (χ1n) is 22.2. The maximum atomic E-state index is 15.9. The topological polar surface area (TPSA) is 165 Å². The van der Waals surface area contributed by atoms with Gasteiger partial charge < -0.3 is 24.6 Å². The van der Waals surface area contributed by atoms with Crippen LogP contribution in [0.3, 0.4) is 0 Å². The molecule has 5 aromatic rings. The molecule has 15 nitrogen and oxygen atoms in total. The highest BCUT2D eigenvalue weighted by Gasteiger charge is 2.42. The van der Waals surface area contributed by atoms with Crippen LogP contribution < -0.4 is 20.9 Å². The molecule has 336 valence electrons. The van der Waals surface area contributed by atoms with Crippen LogP contribution in [0.4, 0.5) is 25.3 Å². The molecule has 0 saturated carbocycles. The van der Waals surface area contributed by atoms with Crippen molar-refractivity contribution >= 4 is 57.4 Å². The zero-order valence-corrected chi connectivity index (χ0v) is 36.4. The second kappa shape index (κ2) is 17.8. The van der Waals surface area contributed by atoms with Gasteiger partial charge in [0.15, 0.2) is 11.2 Å². The number of hydrogen-bond donors (Lipinski definition) is 3. The first kappa shape index (κ1) is 42.4. The highest BCUT2D eigenvalue weighted by atomic mass is 32.1. The van der Waals surface area contributed by atoms with Gasteiger partial charge in [-0.2, -0.15) is 0 Å². The number of hydrogen-bond acceptors (Lipinski definition) is 11. The zero-order valence-electron chi connectivity index (χ0n) is 35.6. The number of imide groups is 1. The third-order valence-electron chi connectivity index (χ3n) is 13.5. The zero-order chi connectivity index (χ0) is 44.8. The average Bonchev–Trinajstić information content (AvgIpc) is 4.13. The molecule has 5 amide bonds. The van der Waals surface area contributed by atoms with Crippen molar-refractivity contribution in [3.05, 3.63) is 112 Å². The number of piperazine rings is 1. The van der Waals surface area contributed by atoms with Gasteiger partial charge in [0, 0.05) is 78.9 Å². The molecule has 3 fully saturated rings. The molecular weight excluding hydrogens is 855 g/mol. The number of fused-ring (bicyclic) bond motifs is 2. The van der Waals surface area contributed by atoms with Crippen molar-refractivity contribution in [3.8, 4) is 11.1 Å². The third-order valence-corrected chi connectivity index (χ3v) is 14.1. The number of carbonyl (C=O) groups is 5. The summed E-state index contributed by atoms with van der Waals surface area (Å²) in [7, 11) is 0. The molecule has 5 aliphatic rings. The summed E-state index contributed by atoms with van der Waals surface area (Å²) in [5, 5.41) is 10.3. The first-order chi connectivity index (χ1) is 31.6. The number of benzene rings is 3. The number of carbonyl (C=O) groups excluding carboxylic acids is 5. The van der Waals surface area contributed by atoms with Crippen LogP contribution >= 0.6 is 11.3 Å². The number of halogens is 2. The largest absolute Gasteiger partial charge is 0.374 e. The van der Waals surface area contributed by atoms with E-state index in [1.807, 2.05) is 33.7 Å². The quantitative estimate of drug-likeness (QED) is 0.148. The number of amides is 5. The molecule has 2 atom stereocenters. The predicted octanol–water partition coefficient (Wildman–Crippen LogP) is 5.31. The van der Waals surface area contributed by atoms with Gasteiger partial charge in [-0.3, -0.25) is 39.5 Å². The summed E-state index contributed by atoms with van der Waals surface area (Å²) >= 11 is 1.27. The molecule has 7 heterocycles. The Labute approximate surface area is 377 Å². The van der Waals surface area contributed by atoms with Crippen LogP contribution in [-0.4, -0.2) is 111 Å². The molecule has 2 aromatic heterocycles. The van der Waals surface area contributed by atoms with Gasteiger partial charge >= 0.3 is 0 Å². The molecule has 0 radical (unpaired) electrons. The number of thiazole rings is 1. The summed E-state index contributed by atoms with van der Waals surface area (Å²) in [6.07, 6.45) is 6.98. The fourth-order valence-corrected chi connectivity index (χ4v) is 10.4. The van der Waals surface area contributed by atoms with Crippen molar-refractivity contribution in [2.24, 2.45) is 0 Å². The number of anilines is 3. The molecule has 0 spiro atoms. The second-order valence-corrected chi connectivity index (χ2v) is 18.3. The van der Waals surface area contributed by atoms with Crippen LogP contribution in [0.1, 0.15) is 76.9 Å². The molecule has 0 aliphatic carbocycles. The Morgan fingerprint density at radius 1 is 0.862 bits per heavy atom. The molecule has 10 rings (SSSR count). The molecule has 3 N–H and O–H groups in total. The lowest BCUT2D eigenvalue weighted by molar-refractivity contribution is -0.134. The fraction of sp³-hybridized carbons (Fsp3) is 0.383. The van der Waals surface area contributed by atoms with E-state index in [0.29, 0.717) is 79.9 Å². The summed E-state index contributed by atoms with van der Waals surface area (Å²) in [6, 6.07) is 14.2. The summed E-state index contributed by atoms with van der Waals surface area (Å²) in [4.78, 5) is 81.4. The number of aromatic nitrogens is 3. The lowest BCUT2D eigenvalue weighted by Crippen LogP contribution is -2.51. The molecule has 3 aromatic carbocycles. The number of rotatable bonds is 11. The number of nitrogens with zero attached hydrogens (tertiary/aromatic N) is 7. The summed E-state index contributed by atoms with van der Waals surface area (Å²) in [5.74, 6) is -2.34. The maximum Gasteiger partial charge on any atom is 0.255 e. The van der Waals surface area contributed by atoms with E-state index in [1.165, 1.54) is 28.4 Å². The Morgan fingerprint density at radius 2 is 1.66 bits per heavy atom. The maximum absolute atomic E-state index is 15.9. The highest BCUT2D eigenvalue weighted by molar-refractivity contribution is 7.13. The summed E-state index contributed by atoms with van der Waals surface area (Å²) in [5.41, 5.74) is 5.26. The molecular formula is C47H48F2N10O5S. The molecule has 18 heteroatoms. The normalized spacial score (nSPS) is 19.6. The number of aryl methyl sites for hydroxylation is 1. The Morgan fingerprint density at radius 3 is 2.40 bits per heavy atom. The Kier molecular flexibility index (Phi) is 11.6. The molecule has 0 bridgehead atoms. The van der Waals surface area contributed by atoms with Crippen LogP contribution in [0.15, 0.2) is 72.5 Å². The Hall–Kier alpha value is -6.53. The minimum atomic E-state index is -1.06. The van der Waals surface area contributed by atoms with Crippen molar-refractivity contribution < 1.29 is 32.8 Å². The summed E-state index contributed by atoms with van der Waals surface area (Å²) < 4.78 is 33.2. The lowest BCUT2D eigenvalue weighted by atomic mass is 9.89. The van der Waals surface area contributed by atoms with E-state index in [9.17, 15) is 24.0 Å². The van der Waals surface area contributed by atoms with E-state index in [-0.39, 0.29) is 47.6 Å². The SMILES string of the molecule is O=C1CC[C@H](Nc2ccc(C3CCN(CC(=O)N4CCN(c5ccc(-c6cc(F)c7c(c6)C(=O)N(C(C(=O)Nc6nccs6)c6ncn8c6CCC8)C7)cc5)CC4)CC3)c(F)c2)C(=O)N1. The number of piperidine rings is 2. The monoisotopic (exact) mass is 902 g/mol. The van der Waals surface area contributed by atoms with E-state index >= 15 is 8.78 Å². The van der Waals surface area contributed by atoms with Crippen molar-refractivity contribution in [3.63, 3.8) is 0 Å². The van der Waals surface area contributed by atoms with Gasteiger partial charge in [0.05, 0.1) is 25.1 Å². The smallest absolute Gasteiger partial charge is 0.255 e. The van der Waals surface area contributed by atoms with Gasteiger partial charge in [0.25, 0.3) is 11.8 Å². The second-order valence-electron chi connectivity index (χ2n) is 17.4. The van der Waals surface area contributed by atoms with E-state index in [0.717, 1.165) is 49.2 Å². The van der Waals surface area contributed by atoms with Crippen molar-refractivity contribution in [2.45, 2.75) is 69.6 Å². The van der Waals surface area contributed by atoms with Gasteiger partial charge in [-0.25, -0.2) is 18.7 Å². The van der Waals surface area contributed by atoms with Gasteiger partial charge in [-0.1, -0.05) is 18.2 Å². The standard InChI is InChI=1S/C47H48F2N10O5S/c48-36-23-30(22-34-35(36)25-59(46(34)64)43(45(63)54-47-50-13-21-65-47)42-39-2-1-14-58(39)27-51-42)28-3-6-32(7-4-28)56-17-19-57(20-18-56)41(61)26-55-15-11-29(12-16-55)33-8-5-31(24-37(33)49)52-38-9-10-40(60)53-44(38)62/h3-8,13,21-24,27,29,38,43,52H,1-2,9-12,14-20,25-26H2,(H,50,54,63)(H,53,60,62)/t38-,43?/m0/s1. The van der Waals surface area contributed by atoms with E-state index in [2.05, 4.69) is 35.7 Å². The van der Waals surface area contributed by atoms with Crippen LogP contribution in [0.5, 0.6) is 0 Å². The molecule has 5 aliphatic heterocycles. The predicted molar refractivity (Wildman–Crippen MR) is 239 cm³/mol. The van der Waals surface area contributed by atoms with Crippen molar-refractivity contribution in [1.82, 2.24) is 34.6 Å². The average molecular weight is 903 g/mol. The molecule has 1 unspecified atom stereocenters. The van der Waals surface area contributed by atoms with Gasteiger partial charge in [0.2, 0.25) is 17.7 Å². The third kappa shape index (κ3) is 8.59. The Bertz CT molecular complexity index is 2660. The van der Waals surface area contributed by atoms with Crippen LogP contribution in [0.25, 0.3) is 11.1 Å². The van der Waals surface area contributed by atoms with Gasteiger partial charge in [0.1, 0.15) is 17.7 Å². The number of likely N-dealkylation sites (tertiary alicyclic amines) is 1. The Balaban J connectivity index is 0.725. The lowest BCUT2D eigenvalue weighted by Gasteiger charge is -2.38. The van der Waals surface area contributed by atoms with E-state index in [4.69, 9.17) is 0 Å². The van der Waals surface area contributed by atoms with E-state index in [1.54, 1.807) is 36.1 Å². The minimum Gasteiger partial charge on any atom is -0.374 e. The first-order valence-corrected chi connectivity index (χ1v) is 23.1. The van der Waals surface area contributed by atoms with Crippen LogP contribution in [0, 0.1) is 11.6 Å². The van der Waals surface area contributed by atoms with Crippen LogP contribution in [0.2, 0.25) is 0 Å². The van der Waals surface area contributed by atoms with Gasteiger partial charge in [-0.05, 0) is 104 Å². The van der Waals surface area contributed by atoms with Gasteiger partial charge in [-0.15, -0.1) is 11.3 Å². The highest BCUT2D eigenvalue weighted by Crippen LogP contribution is 2.38. The van der Waals surface area contributed by atoms with Crippen LogP contribution in [-0.2, 0) is 38.7 Å². The fourth-order valence-electron chi connectivity index (χ4n) is 9.92. The van der Waals surface area contributed by atoms with Crippen molar-refractivity contribution in [2.75, 3.05) is 61.3 Å².